The Morgan fingerprint density at radius 1 is 0.868 bits per heavy atom. The van der Waals surface area contributed by atoms with E-state index in [0.29, 0.717) is 34.2 Å². The summed E-state index contributed by atoms with van der Waals surface area (Å²) in [7, 11) is 1.52. The van der Waals surface area contributed by atoms with Gasteiger partial charge in [0.25, 0.3) is 11.2 Å². The first-order chi connectivity index (χ1) is 25.7. The molecule has 12 nitrogen and oxygen atoms in total. The Kier molecular flexibility index (Phi) is 11.3. The van der Waals surface area contributed by atoms with Gasteiger partial charge in [0.05, 0.1) is 47.0 Å². The van der Waals surface area contributed by atoms with Crippen LogP contribution in [-0.2, 0) is 22.7 Å². The van der Waals surface area contributed by atoms with Crippen LogP contribution in [-0.4, -0.2) is 35.8 Å². The highest BCUT2D eigenvalue weighted by Gasteiger charge is 2.32. The van der Waals surface area contributed by atoms with Gasteiger partial charge in [-0.3, -0.25) is 19.5 Å². The average Bonchev–Trinajstić information content (AvgIpc) is 3.48. The van der Waals surface area contributed by atoms with Crippen LogP contribution in [0.3, 0.4) is 0 Å². The number of allylic oxidation sites excluding steroid dienone is 1. The molecule has 0 spiro atoms. The first kappa shape index (κ1) is 36.6. The Morgan fingerprint density at radius 2 is 1.51 bits per heavy atom. The molecule has 1 aromatic heterocycles. The molecule has 6 rings (SSSR count). The number of rotatable bonds is 14. The normalized spacial score (nSPS) is 13.9. The molecule has 1 atom stereocenters. The van der Waals surface area contributed by atoms with Gasteiger partial charge in [-0.1, -0.05) is 78.1 Å². The van der Waals surface area contributed by atoms with Crippen molar-refractivity contribution in [1.82, 2.24) is 4.57 Å². The number of carbonyl (C=O) groups excluding carboxylic acids is 1. The number of hydrogen-bond acceptors (Lipinski definition) is 11. The van der Waals surface area contributed by atoms with Crippen molar-refractivity contribution in [2.75, 3.05) is 20.3 Å². The monoisotopic (exact) mass is 735 g/mol. The molecule has 0 fully saturated rings. The molecule has 1 aliphatic heterocycles. The maximum Gasteiger partial charge on any atom is 0.338 e. The number of benzene rings is 4. The van der Waals surface area contributed by atoms with Crippen LogP contribution in [0.4, 0.5) is 5.69 Å². The molecule has 2 heterocycles. The van der Waals surface area contributed by atoms with E-state index in [-0.39, 0.29) is 52.7 Å². The van der Waals surface area contributed by atoms with E-state index < -0.39 is 22.5 Å². The molecule has 0 bridgehead atoms. The second-order valence-corrected chi connectivity index (χ2v) is 12.8. The van der Waals surface area contributed by atoms with Crippen LogP contribution in [0.5, 0.6) is 23.0 Å². The molecule has 1 aliphatic rings. The molecule has 53 heavy (non-hydrogen) atoms. The molecule has 0 unspecified atom stereocenters. The summed E-state index contributed by atoms with van der Waals surface area (Å²) in [5, 5.41) is 12.3. The average molecular weight is 736 g/mol. The smallest absolute Gasteiger partial charge is 0.338 e. The molecule has 0 aliphatic carbocycles. The third-order valence-corrected chi connectivity index (χ3v) is 9.38. The Labute approximate surface area is 309 Å². The minimum absolute atomic E-state index is 0.110. The molecular formula is C40H37N3O9S. The van der Waals surface area contributed by atoms with Crippen molar-refractivity contribution in [3.05, 3.63) is 149 Å². The zero-order valence-corrected chi connectivity index (χ0v) is 30.4. The molecule has 5 aromatic rings. The molecule has 0 saturated heterocycles. The molecule has 272 valence electrons. The van der Waals surface area contributed by atoms with E-state index in [1.165, 1.54) is 29.9 Å². The molecule has 13 heteroatoms. The minimum atomic E-state index is -0.850. The number of nitro groups is 1. The Balaban J connectivity index is 1.43. The van der Waals surface area contributed by atoms with E-state index in [1.54, 1.807) is 39.0 Å². The molecule has 0 amide bonds. The van der Waals surface area contributed by atoms with Gasteiger partial charge in [-0.2, -0.15) is 0 Å². The third kappa shape index (κ3) is 8.00. The summed E-state index contributed by atoms with van der Waals surface area (Å²) in [4.78, 5) is 44.4. The van der Waals surface area contributed by atoms with Crippen LogP contribution in [0.15, 0.2) is 106 Å². The number of hydrogen-bond donors (Lipinski definition) is 0. The quantitative estimate of drug-likeness (QED) is 0.0722. The van der Waals surface area contributed by atoms with Crippen LogP contribution >= 0.6 is 11.3 Å². The van der Waals surface area contributed by atoms with Gasteiger partial charge in [0, 0.05) is 5.70 Å². The summed E-state index contributed by atoms with van der Waals surface area (Å²) in [6.07, 6.45) is 1.43. The number of esters is 1. The predicted octanol–water partition coefficient (Wildman–Crippen LogP) is 6.38. The van der Waals surface area contributed by atoms with Crippen molar-refractivity contribution in [3.8, 4) is 23.0 Å². The second kappa shape index (κ2) is 16.4. The van der Waals surface area contributed by atoms with E-state index >= 15 is 0 Å². The van der Waals surface area contributed by atoms with Crippen LogP contribution in [0, 0.1) is 10.1 Å². The van der Waals surface area contributed by atoms with Gasteiger partial charge in [0.2, 0.25) is 0 Å². The summed E-state index contributed by atoms with van der Waals surface area (Å²) >= 11 is 1.05. The van der Waals surface area contributed by atoms with Crippen molar-refractivity contribution in [3.63, 3.8) is 0 Å². The number of nitrogens with zero attached hydrogens (tertiary/aromatic N) is 3. The zero-order chi connectivity index (χ0) is 37.5. The highest BCUT2D eigenvalue weighted by Crippen LogP contribution is 2.38. The van der Waals surface area contributed by atoms with Crippen molar-refractivity contribution < 1.29 is 33.4 Å². The van der Waals surface area contributed by atoms with Gasteiger partial charge >= 0.3 is 5.97 Å². The third-order valence-electron chi connectivity index (χ3n) is 8.39. The first-order valence-corrected chi connectivity index (χ1v) is 17.7. The molecule has 4 aromatic carbocycles. The van der Waals surface area contributed by atoms with Crippen molar-refractivity contribution in [1.29, 1.82) is 0 Å². The molecule has 0 radical (unpaired) electrons. The van der Waals surface area contributed by atoms with E-state index in [9.17, 15) is 19.7 Å². The number of fused-ring (bicyclic) bond motifs is 1. The lowest BCUT2D eigenvalue weighted by molar-refractivity contribution is -0.385. The van der Waals surface area contributed by atoms with Crippen LogP contribution in [0.1, 0.15) is 49.1 Å². The lowest BCUT2D eigenvalue weighted by atomic mass is 9.96. The Morgan fingerprint density at radius 3 is 2.11 bits per heavy atom. The van der Waals surface area contributed by atoms with Gasteiger partial charge in [-0.25, -0.2) is 9.79 Å². The van der Waals surface area contributed by atoms with Crippen molar-refractivity contribution >= 4 is 34.8 Å². The zero-order valence-electron chi connectivity index (χ0n) is 29.6. The fourth-order valence-electron chi connectivity index (χ4n) is 5.86. The molecule has 0 N–H and O–H groups in total. The predicted molar refractivity (Wildman–Crippen MR) is 200 cm³/mol. The van der Waals surface area contributed by atoms with Crippen LogP contribution in [0.2, 0.25) is 0 Å². The number of carbonyl (C=O) groups is 1. The standard InChI is InChI=1S/C40H37N3O9S/c1-5-49-33-20-29(30(43(46)47)22-34(33)52-24-27-15-11-8-12-16-27)21-35-38(44)42-25(3)36(39(45)50-6-2)37(41-40(42)53-35)28-17-18-31(32(19-28)48-4)51-23-26-13-9-7-10-14-26/h7-22,37H,5-6,23-24H2,1-4H3/b35-21-/t37-/m1/s1. The number of aromatic nitrogens is 1. The number of nitro benzene ring substituents is 1. The fraction of sp³-hybridized carbons (Fsp3) is 0.225. The van der Waals surface area contributed by atoms with E-state index in [4.69, 9.17) is 28.7 Å². The van der Waals surface area contributed by atoms with E-state index in [0.717, 1.165) is 22.5 Å². The van der Waals surface area contributed by atoms with Crippen LogP contribution in [0.25, 0.3) is 11.8 Å². The number of ether oxygens (including phenoxy) is 5. The SMILES string of the molecule is CCOC(=O)C1=C(C)n2c(s/c(=C\c3cc(OCC)c(OCc4ccccc4)cc3[N+](=O)[O-])c2=O)=N[C@@H]1c1ccc(OCc2ccccc2)c(OC)c1. The van der Waals surface area contributed by atoms with Gasteiger partial charge in [-0.15, -0.1) is 0 Å². The van der Waals surface area contributed by atoms with Gasteiger partial charge < -0.3 is 23.7 Å². The number of methoxy groups -OCH3 is 1. The fourth-order valence-corrected chi connectivity index (χ4v) is 6.89. The topological polar surface area (TPSA) is 141 Å². The van der Waals surface area contributed by atoms with Crippen molar-refractivity contribution in [2.45, 2.75) is 40.0 Å². The molecular weight excluding hydrogens is 699 g/mol. The van der Waals surface area contributed by atoms with Gasteiger partial charge in [0.15, 0.2) is 27.8 Å². The number of thiazole rings is 1. The lowest BCUT2D eigenvalue weighted by Crippen LogP contribution is -2.35. The summed E-state index contributed by atoms with van der Waals surface area (Å²) in [6.45, 7) is 6.03. The summed E-state index contributed by atoms with van der Waals surface area (Å²) in [5.41, 5.74) is 2.35. The summed E-state index contributed by atoms with van der Waals surface area (Å²) < 4.78 is 30.4. The largest absolute Gasteiger partial charge is 0.493 e. The Bertz CT molecular complexity index is 2350. The van der Waals surface area contributed by atoms with Crippen LogP contribution < -0.4 is 33.8 Å². The molecule has 0 saturated carbocycles. The van der Waals surface area contributed by atoms with Gasteiger partial charge in [0.1, 0.15) is 19.3 Å². The highest BCUT2D eigenvalue weighted by molar-refractivity contribution is 7.07. The lowest BCUT2D eigenvalue weighted by Gasteiger charge is -2.23. The summed E-state index contributed by atoms with van der Waals surface area (Å²) in [6, 6.07) is 26.3. The summed E-state index contributed by atoms with van der Waals surface area (Å²) in [5.74, 6) is 0.802. The maximum atomic E-state index is 14.0. The van der Waals surface area contributed by atoms with Gasteiger partial charge in [-0.05, 0) is 61.7 Å². The Hall–Kier alpha value is -6.21. The highest BCUT2D eigenvalue weighted by atomic mass is 32.1. The van der Waals surface area contributed by atoms with Crippen molar-refractivity contribution in [2.24, 2.45) is 4.99 Å². The first-order valence-electron chi connectivity index (χ1n) is 16.9. The second-order valence-electron chi connectivity index (χ2n) is 11.8. The minimum Gasteiger partial charge on any atom is -0.493 e. The van der Waals surface area contributed by atoms with E-state index in [1.807, 2.05) is 60.7 Å². The van der Waals surface area contributed by atoms with E-state index in [2.05, 4.69) is 0 Å². The maximum absolute atomic E-state index is 14.0.